The van der Waals surface area contributed by atoms with Gasteiger partial charge < -0.3 is 0 Å². The van der Waals surface area contributed by atoms with Crippen molar-refractivity contribution >= 4 is 21.7 Å². The van der Waals surface area contributed by atoms with Crippen molar-refractivity contribution in [2.45, 2.75) is 37.5 Å². The molecule has 0 bridgehead atoms. The highest BCUT2D eigenvalue weighted by atomic mass is 35.5. The van der Waals surface area contributed by atoms with Crippen molar-refractivity contribution in [2.24, 2.45) is 5.92 Å². The molecule has 0 fully saturated rings. The van der Waals surface area contributed by atoms with Crippen molar-refractivity contribution in [1.29, 1.82) is 0 Å². The summed E-state index contributed by atoms with van der Waals surface area (Å²) in [7, 11) is -3.70. The van der Waals surface area contributed by atoms with E-state index in [-0.39, 0.29) is 22.8 Å². The quantitative estimate of drug-likeness (QED) is 0.596. The first-order chi connectivity index (χ1) is 8.36. The SMILES string of the molecule is CC[C@H](C)[C@H](Cl)COS(=O)(=O)c1ccc(C)cc1. The number of aryl methyl sites for hydroxylation is 1. The molecule has 18 heavy (non-hydrogen) atoms. The van der Waals surface area contributed by atoms with Crippen molar-refractivity contribution in [3.05, 3.63) is 29.8 Å². The van der Waals surface area contributed by atoms with E-state index in [0.717, 1.165) is 12.0 Å². The number of rotatable bonds is 6. The average Bonchev–Trinajstić information content (AvgIpc) is 2.35. The van der Waals surface area contributed by atoms with Gasteiger partial charge in [-0.3, -0.25) is 4.18 Å². The van der Waals surface area contributed by atoms with Crippen molar-refractivity contribution in [3.63, 3.8) is 0 Å². The molecule has 0 amide bonds. The van der Waals surface area contributed by atoms with Crippen LogP contribution in [0.15, 0.2) is 29.2 Å². The summed E-state index contributed by atoms with van der Waals surface area (Å²) >= 11 is 6.06. The Hall–Kier alpha value is -0.580. The van der Waals surface area contributed by atoms with E-state index in [1.165, 1.54) is 12.1 Å². The minimum Gasteiger partial charge on any atom is -0.265 e. The van der Waals surface area contributed by atoms with Gasteiger partial charge in [0.1, 0.15) is 0 Å². The molecule has 102 valence electrons. The van der Waals surface area contributed by atoms with Crippen LogP contribution < -0.4 is 0 Å². The lowest BCUT2D eigenvalue weighted by atomic mass is 10.1. The fraction of sp³-hybridized carbons (Fsp3) is 0.538. The molecule has 0 aliphatic heterocycles. The molecule has 0 aliphatic rings. The third kappa shape index (κ3) is 4.26. The summed E-state index contributed by atoms with van der Waals surface area (Å²) in [5.41, 5.74) is 1.00. The van der Waals surface area contributed by atoms with E-state index < -0.39 is 10.1 Å². The van der Waals surface area contributed by atoms with Gasteiger partial charge in [0.25, 0.3) is 10.1 Å². The highest BCUT2D eigenvalue weighted by molar-refractivity contribution is 7.86. The van der Waals surface area contributed by atoms with Crippen LogP contribution in [-0.2, 0) is 14.3 Å². The molecule has 3 nitrogen and oxygen atoms in total. The Kier molecular flexibility index (Phi) is 5.63. The monoisotopic (exact) mass is 290 g/mol. The van der Waals surface area contributed by atoms with Gasteiger partial charge in [-0.15, -0.1) is 11.6 Å². The first-order valence-electron chi connectivity index (χ1n) is 5.97. The predicted molar refractivity (Wildman–Crippen MR) is 73.4 cm³/mol. The smallest absolute Gasteiger partial charge is 0.265 e. The number of benzene rings is 1. The van der Waals surface area contributed by atoms with Gasteiger partial charge in [-0.2, -0.15) is 8.42 Å². The van der Waals surface area contributed by atoms with Gasteiger partial charge in [-0.05, 0) is 25.0 Å². The van der Waals surface area contributed by atoms with Crippen LogP contribution in [0.1, 0.15) is 25.8 Å². The fourth-order valence-corrected chi connectivity index (χ4v) is 2.59. The van der Waals surface area contributed by atoms with Crippen LogP contribution in [0.25, 0.3) is 0 Å². The van der Waals surface area contributed by atoms with Crippen molar-refractivity contribution < 1.29 is 12.6 Å². The largest absolute Gasteiger partial charge is 0.297 e. The highest BCUT2D eigenvalue weighted by Crippen LogP contribution is 2.18. The Morgan fingerprint density at radius 1 is 1.28 bits per heavy atom. The van der Waals surface area contributed by atoms with Crippen LogP contribution in [0.2, 0.25) is 0 Å². The molecular weight excluding hydrogens is 272 g/mol. The van der Waals surface area contributed by atoms with Gasteiger partial charge in [-0.1, -0.05) is 38.0 Å². The van der Waals surface area contributed by atoms with E-state index in [9.17, 15) is 8.42 Å². The molecule has 1 rings (SSSR count). The highest BCUT2D eigenvalue weighted by Gasteiger charge is 2.19. The lowest BCUT2D eigenvalue weighted by molar-refractivity contribution is 0.289. The molecule has 0 heterocycles. The maximum atomic E-state index is 11.9. The Morgan fingerprint density at radius 2 is 1.83 bits per heavy atom. The Morgan fingerprint density at radius 3 is 2.33 bits per heavy atom. The number of alkyl halides is 1. The van der Waals surface area contributed by atoms with Gasteiger partial charge in [-0.25, -0.2) is 0 Å². The second-order valence-electron chi connectivity index (χ2n) is 4.45. The molecule has 0 saturated carbocycles. The first-order valence-corrected chi connectivity index (χ1v) is 7.81. The van der Waals surface area contributed by atoms with Crippen molar-refractivity contribution in [2.75, 3.05) is 6.61 Å². The van der Waals surface area contributed by atoms with E-state index in [1.54, 1.807) is 12.1 Å². The van der Waals surface area contributed by atoms with Crippen LogP contribution in [0.3, 0.4) is 0 Å². The van der Waals surface area contributed by atoms with E-state index in [1.807, 2.05) is 20.8 Å². The first kappa shape index (κ1) is 15.5. The summed E-state index contributed by atoms with van der Waals surface area (Å²) in [6, 6.07) is 6.56. The van der Waals surface area contributed by atoms with Gasteiger partial charge in [0.2, 0.25) is 0 Å². The molecule has 0 saturated heterocycles. The zero-order valence-electron chi connectivity index (χ0n) is 10.9. The second-order valence-corrected chi connectivity index (χ2v) is 6.63. The Bertz CT molecular complexity index is 468. The summed E-state index contributed by atoms with van der Waals surface area (Å²) in [6.07, 6.45) is 0.891. The van der Waals surface area contributed by atoms with E-state index in [4.69, 9.17) is 15.8 Å². The molecule has 0 radical (unpaired) electrons. The molecule has 5 heteroatoms. The third-order valence-electron chi connectivity index (χ3n) is 2.95. The summed E-state index contributed by atoms with van der Waals surface area (Å²) in [4.78, 5) is 0.168. The molecule has 1 aromatic carbocycles. The van der Waals surface area contributed by atoms with E-state index in [0.29, 0.717) is 0 Å². The van der Waals surface area contributed by atoms with Crippen LogP contribution in [0, 0.1) is 12.8 Å². The summed E-state index contributed by atoms with van der Waals surface area (Å²) in [6.45, 7) is 5.88. The molecule has 0 unspecified atom stereocenters. The lowest BCUT2D eigenvalue weighted by Crippen LogP contribution is -2.20. The van der Waals surface area contributed by atoms with Crippen LogP contribution >= 0.6 is 11.6 Å². The second kappa shape index (κ2) is 6.55. The van der Waals surface area contributed by atoms with Gasteiger partial charge in [0.05, 0.1) is 16.9 Å². The maximum absolute atomic E-state index is 11.9. The molecule has 0 aromatic heterocycles. The topological polar surface area (TPSA) is 43.4 Å². The van der Waals surface area contributed by atoms with E-state index >= 15 is 0 Å². The zero-order valence-corrected chi connectivity index (χ0v) is 12.5. The van der Waals surface area contributed by atoms with Crippen molar-refractivity contribution in [3.8, 4) is 0 Å². The van der Waals surface area contributed by atoms with Crippen molar-refractivity contribution in [1.82, 2.24) is 0 Å². The molecule has 2 atom stereocenters. The van der Waals surface area contributed by atoms with Gasteiger partial charge in [0.15, 0.2) is 0 Å². The molecule has 0 spiro atoms. The normalized spacial score (nSPS) is 15.3. The molecular formula is C13H19ClO3S. The van der Waals surface area contributed by atoms with Crippen LogP contribution in [0.5, 0.6) is 0 Å². The third-order valence-corrected chi connectivity index (χ3v) is 4.81. The average molecular weight is 291 g/mol. The van der Waals surface area contributed by atoms with Crippen LogP contribution in [-0.4, -0.2) is 20.4 Å². The minimum absolute atomic E-state index is 0.00672. The minimum atomic E-state index is -3.70. The Balaban J connectivity index is 2.68. The predicted octanol–water partition coefficient (Wildman–Crippen LogP) is 3.35. The maximum Gasteiger partial charge on any atom is 0.297 e. The fourth-order valence-electron chi connectivity index (χ4n) is 1.35. The zero-order chi connectivity index (χ0) is 13.8. The summed E-state index contributed by atoms with van der Waals surface area (Å²) < 4.78 is 28.7. The summed E-state index contributed by atoms with van der Waals surface area (Å²) in [5, 5.41) is -0.296. The van der Waals surface area contributed by atoms with E-state index in [2.05, 4.69) is 0 Å². The van der Waals surface area contributed by atoms with Gasteiger partial charge in [0, 0.05) is 0 Å². The van der Waals surface area contributed by atoms with Crippen LogP contribution in [0.4, 0.5) is 0 Å². The lowest BCUT2D eigenvalue weighted by Gasteiger charge is -2.15. The Labute approximate surface area is 114 Å². The molecule has 1 aromatic rings. The number of halogens is 1. The number of hydrogen-bond acceptors (Lipinski definition) is 3. The summed E-state index contributed by atoms with van der Waals surface area (Å²) in [5.74, 6) is 0.222. The standard InChI is InChI=1S/C13H19ClO3S/c1-4-11(3)13(14)9-17-18(15,16)12-7-5-10(2)6-8-12/h5-8,11,13H,4,9H2,1-3H3/t11-,13+/m0/s1. The molecule has 0 aliphatic carbocycles. The number of hydrogen-bond donors (Lipinski definition) is 0. The van der Waals surface area contributed by atoms with Gasteiger partial charge >= 0.3 is 0 Å². The molecule has 0 N–H and O–H groups in total.